The van der Waals surface area contributed by atoms with E-state index in [1.54, 1.807) is 25.3 Å². The van der Waals surface area contributed by atoms with Gasteiger partial charge in [-0.05, 0) is 42.5 Å². The quantitative estimate of drug-likeness (QED) is 0.484. The minimum Gasteiger partial charge on any atom is -0.495 e. The fraction of sp³-hybridized carbons (Fsp3) is 0.176. The maximum atomic E-state index is 11.9. The average Bonchev–Trinajstić information content (AvgIpc) is 2.57. The first-order valence-electron chi connectivity index (χ1n) is 7.44. The van der Waals surface area contributed by atoms with Crippen molar-refractivity contribution in [1.82, 2.24) is 0 Å². The van der Waals surface area contributed by atoms with Gasteiger partial charge in [0.2, 0.25) is 5.91 Å². The van der Waals surface area contributed by atoms with Gasteiger partial charge in [-0.3, -0.25) is 9.79 Å². The first kappa shape index (κ1) is 19.1. The Morgan fingerprint density at radius 1 is 1.20 bits per heavy atom. The van der Waals surface area contributed by atoms with E-state index in [-0.39, 0.29) is 24.8 Å². The van der Waals surface area contributed by atoms with E-state index in [0.29, 0.717) is 16.5 Å². The number of hydrogen-bond acceptors (Lipinski definition) is 3. The zero-order valence-electron chi connectivity index (χ0n) is 13.6. The van der Waals surface area contributed by atoms with E-state index in [9.17, 15) is 4.79 Å². The third-order valence-corrected chi connectivity index (χ3v) is 4.00. The van der Waals surface area contributed by atoms with Crippen molar-refractivity contribution >= 4 is 50.8 Å². The lowest BCUT2D eigenvalue weighted by atomic mass is 10.3. The molecular formula is C17H18BrClN4O2. The molecule has 1 amide bonds. The van der Waals surface area contributed by atoms with E-state index in [4.69, 9.17) is 22.1 Å². The smallest absolute Gasteiger partial charge is 0.226 e. The van der Waals surface area contributed by atoms with Crippen LogP contribution in [0.3, 0.4) is 0 Å². The number of nitrogens with two attached hydrogens (primary N) is 1. The zero-order chi connectivity index (χ0) is 18.2. The summed E-state index contributed by atoms with van der Waals surface area (Å²) < 4.78 is 6.03. The first-order chi connectivity index (χ1) is 12.0. The predicted molar refractivity (Wildman–Crippen MR) is 106 cm³/mol. The van der Waals surface area contributed by atoms with Crippen LogP contribution in [0.15, 0.2) is 51.9 Å². The van der Waals surface area contributed by atoms with Crippen LogP contribution in [0.5, 0.6) is 5.75 Å². The lowest BCUT2D eigenvalue weighted by molar-refractivity contribution is -0.116. The molecule has 0 atom stereocenters. The number of guanidine groups is 1. The molecule has 8 heteroatoms. The number of anilines is 2. The lowest BCUT2D eigenvalue weighted by Gasteiger charge is -2.08. The summed E-state index contributed by atoms with van der Waals surface area (Å²) in [5.74, 6) is 0.649. The summed E-state index contributed by atoms with van der Waals surface area (Å²) >= 11 is 9.39. The maximum Gasteiger partial charge on any atom is 0.226 e. The molecule has 2 rings (SSSR count). The molecular weight excluding hydrogens is 408 g/mol. The summed E-state index contributed by atoms with van der Waals surface area (Å²) in [4.78, 5) is 16.0. The van der Waals surface area contributed by atoms with Crippen molar-refractivity contribution in [2.45, 2.75) is 6.42 Å². The Morgan fingerprint density at radius 3 is 2.52 bits per heavy atom. The first-order valence-corrected chi connectivity index (χ1v) is 8.61. The molecule has 2 aromatic rings. The Balaban J connectivity index is 1.81. The highest BCUT2D eigenvalue weighted by atomic mass is 79.9. The van der Waals surface area contributed by atoms with Crippen LogP contribution >= 0.6 is 27.5 Å². The normalized spacial score (nSPS) is 11.1. The van der Waals surface area contributed by atoms with Crippen molar-refractivity contribution in [3.8, 4) is 5.75 Å². The maximum absolute atomic E-state index is 11.9. The fourth-order valence-electron chi connectivity index (χ4n) is 1.97. The van der Waals surface area contributed by atoms with Crippen molar-refractivity contribution in [1.29, 1.82) is 0 Å². The Bertz CT molecular complexity index is 766. The van der Waals surface area contributed by atoms with E-state index in [2.05, 4.69) is 31.6 Å². The third-order valence-electron chi connectivity index (χ3n) is 3.17. The van der Waals surface area contributed by atoms with E-state index >= 15 is 0 Å². The molecule has 0 heterocycles. The van der Waals surface area contributed by atoms with Crippen LogP contribution in [0.4, 0.5) is 11.4 Å². The number of amides is 1. The molecule has 132 valence electrons. The van der Waals surface area contributed by atoms with Crippen LogP contribution in [0.1, 0.15) is 6.42 Å². The number of benzene rings is 2. The van der Waals surface area contributed by atoms with Crippen LogP contribution in [-0.2, 0) is 4.79 Å². The number of hydrogen-bond donors (Lipinski definition) is 3. The Hall–Kier alpha value is -2.25. The Kier molecular flexibility index (Phi) is 7.09. The number of nitrogens with one attached hydrogen (secondary N) is 2. The second-order valence-electron chi connectivity index (χ2n) is 5.05. The Morgan fingerprint density at radius 2 is 1.88 bits per heavy atom. The fourth-order valence-corrected chi connectivity index (χ4v) is 2.49. The number of aliphatic imine (C=N–C) groups is 1. The Labute approximate surface area is 159 Å². The highest BCUT2D eigenvalue weighted by Gasteiger charge is 2.04. The highest BCUT2D eigenvalue weighted by Crippen LogP contribution is 2.27. The standard InChI is InChI=1S/C17H18BrClN4O2/c1-25-15-7-6-13(10-14(15)19)23-17(20)21-9-8-16(24)22-12-4-2-11(18)3-5-12/h2-7,10H,8-9H2,1H3,(H,22,24)(H3,20,21,23). The van der Waals surface area contributed by atoms with Crippen LogP contribution in [0.25, 0.3) is 0 Å². The van der Waals surface area contributed by atoms with Crippen molar-refractivity contribution in [3.63, 3.8) is 0 Å². The summed E-state index contributed by atoms with van der Waals surface area (Å²) in [6.45, 7) is 0.269. The summed E-state index contributed by atoms with van der Waals surface area (Å²) in [6, 6.07) is 12.5. The largest absolute Gasteiger partial charge is 0.495 e. The average molecular weight is 426 g/mol. The van der Waals surface area contributed by atoms with E-state index < -0.39 is 0 Å². The molecule has 0 aliphatic rings. The van der Waals surface area contributed by atoms with Gasteiger partial charge in [0, 0.05) is 22.3 Å². The number of halogens is 2. The molecule has 0 saturated carbocycles. The topological polar surface area (TPSA) is 88.7 Å². The third kappa shape index (κ3) is 6.28. The van der Waals surface area contributed by atoms with Gasteiger partial charge in [-0.1, -0.05) is 27.5 Å². The predicted octanol–water partition coefficient (Wildman–Crippen LogP) is 3.87. The summed E-state index contributed by atoms with van der Waals surface area (Å²) in [7, 11) is 1.55. The van der Waals surface area contributed by atoms with Crippen molar-refractivity contribution in [3.05, 3.63) is 52.0 Å². The van der Waals surface area contributed by atoms with E-state index in [1.807, 2.05) is 24.3 Å². The number of rotatable bonds is 6. The number of carbonyl (C=O) groups is 1. The van der Waals surface area contributed by atoms with Gasteiger partial charge in [0.25, 0.3) is 0 Å². The lowest BCUT2D eigenvalue weighted by Crippen LogP contribution is -2.23. The second kappa shape index (κ2) is 9.29. The molecule has 0 spiro atoms. The minimum atomic E-state index is -0.133. The van der Waals surface area contributed by atoms with Gasteiger partial charge in [0.05, 0.1) is 18.7 Å². The van der Waals surface area contributed by atoms with Crippen molar-refractivity contribution in [2.24, 2.45) is 10.7 Å². The van der Waals surface area contributed by atoms with Gasteiger partial charge in [-0.15, -0.1) is 0 Å². The van der Waals surface area contributed by atoms with Crippen molar-refractivity contribution < 1.29 is 9.53 Å². The van der Waals surface area contributed by atoms with E-state index in [1.165, 1.54) is 0 Å². The van der Waals surface area contributed by atoms with Crippen LogP contribution in [-0.4, -0.2) is 25.5 Å². The molecule has 2 aromatic carbocycles. The number of nitrogens with zero attached hydrogens (tertiary/aromatic N) is 1. The minimum absolute atomic E-state index is 0.133. The number of carbonyl (C=O) groups excluding carboxylic acids is 1. The number of methoxy groups -OCH3 is 1. The van der Waals surface area contributed by atoms with Crippen LogP contribution < -0.4 is 21.1 Å². The molecule has 0 aliphatic carbocycles. The number of ether oxygens (including phenoxy) is 1. The summed E-state index contributed by atoms with van der Waals surface area (Å²) in [5, 5.41) is 6.17. The molecule has 0 fully saturated rings. The SMILES string of the molecule is COc1ccc(NC(N)=NCCC(=O)Nc2ccc(Br)cc2)cc1Cl. The van der Waals surface area contributed by atoms with Crippen LogP contribution in [0.2, 0.25) is 5.02 Å². The molecule has 0 aliphatic heterocycles. The van der Waals surface area contributed by atoms with E-state index in [0.717, 1.165) is 10.2 Å². The molecule has 0 bridgehead atoms. The van der Waals surface area contributed by atoms with Crippen LogP contribution in [0, 0.1) is 0 Å². The van der Waals surface area contributed by atoms with Gasteiger partial charge in [0.15, 0.2) is 5.96 Å². The van der Waals surface area contributed by atoms with Crippen molar-refractivity contribution in [2.75, 3.05) is 24.3 Å². The van der Waals surface area contributed by atoms with Gasteiger partial charge >= 0.3 is 0 Å². The monoisotopic (exact) mass is 424 g/mol. The molecule has 6 nitrogen and oxygen atoms in total. The molecule has 0 unspecified atom stereocenters. The molecule has 25 heavy (non-hydrogen) atoms. The summed E-state index contributed by atoms with van der Waals surface area (Å²) in [6.07, 6.45) is 0.224. The molecule has 0 saturated heterocycles. The molecule has 0 aromatic heterocycles. The van der Waals surface area contributed by atoms with Gasteiger partial charge in [-0.2, -0.15) is 0 Å². The molecule has 0 radical (unpaired) electrons. The second-order valence-corrected chi connectivity index (χ2v) is 6.37. The van der Waals surface area contributed by atoms with Gasteiger partial charge < -0.3 is 21.1 Å². The summed E-state index contributed by atoms with van der Waals surface area (Å²) in [5.41, 5.74) is 7.23. The van der Waals surface area contributed by atoms with Gasteiger partial charge in [-0.25, -0.2) is 0 Å². The highest BCUT2D eigenvalue weighted by molar-refractivity contribution is 9.10. The zero-order valence-corrected chi connectivity index (χ0v) is 15.9. The van der Waals surface area contributed by atoms with Gasteiger partial charge in [0.1, 0.15) is 5.75 Å². The molecule has 4 N–H and O–H groups in total.